The van der Waals surface area contributed by atoms with E-state index in [2.05, 4.69) is 15.9 Å². The van der Waals surface area contributed by atoms with Crippen LogP contribution in [0.4, 0.5) is 0 Å². The normalized spacial score (nSPS) is 20.9. The molecule has 18 heavy (non-hydrogen) atoms. The summed E-state index contributed by atoms with van der Waals surface area (Å²) >= 11 is 3.53. The van der Waals surface area contributed by atoms with Crippen LogP contribution in [-0.4, -0.2) is 41.8 Å². The van der Waals surface area contributed by atoms with E-state index in [1.54, 1.807) is 0 Å². The van der Waals surface area contributed by atoms with E-state index in [0.29, 0.717) is 19.7 Å². The van der Waals surface area contributed by atoms with Crippen molar-refractivity contribution in [3.05, 3.63) is 33.8 Å². The standard InChI is InChI=1S/C13H16BrNO3/c1-9-2-3-10(11(14)6-9)7-15-4-5-18-8-12(15)13(16)17/h2-3,6,12H,4-5,7-8H2,1H3,(H,16,17). The molecule has 1 aromatic rings. The van der Waals surface area contributed by atoms with Gasteiger partial charge in [-0.1, -0.05) is 28.1 Å². The quantitative estimate of drug-likeness (QED) is 0.928. The lowest BCUT2D eigenvalue weighted by Crippen LogP contribution is -2.49. The molecular formula is C13H16BrNO3. The van der Waals surface area contributed by atoms with Gasteiger partial charge < -0.3 is 9.84 Å². The maximum absolute atomic E-state index is 11.2. The molecule has 2 rings (SSSR count). The number of hydrogen-bond acceptors (Lipinski definition) is 3. The van der Waals surface area contributed by atoms with Crippen molar-refractivity contribution in [1.82, 2.24) is 4.90 Å². The topological polar surface area (TPSA) is 49.8 Å². The second-order valence-corrected chi connectivity index (χ2v) is 5.35. The Morgan fingerprint density at radius 2 is 2.39 bits per heavy atom. The summed E-state index contributed by atoms with van der Waals surface area (Å²) in [6, 6.07) is 5.57. The van der Waals surface area contributed by atoms with Gasteiger partial charge in [-0.3, -0.25) is 9.69 Å². The molecule has 0 bridgehead atoms. The largest absolute Gasteiger partial charge is 0.480 e. The lowest BCUT2D eigenvalue weighted by molar-refractivity contribution is -0.150. The van der Waals surface area contributed by atoms with Gasteiger partial charge in [-0.05, 0) is 24.1 Å². The van der Waals surface area contributed by atoms with Gasteiger partial charge in [0.15, 0.2) is 0 Å². The lowest BCUT2D eigenvalue weighted by Gasteiger charge is -2.33. The molecular weight excluding hydrogens is 298 g/mol. The van der Waals surface area contributed by atoms with Crippen molar-refractivity contribution < 1.29 is 14.6 Å². The van der Waals surface area contributed by atoms with Gasteiger partial charge in [0.25, 0.3) is 0 Å². The van der Waals surface area contributed by atoms with Crippen molar-refractivity contribution in [1.29, 1.82) is 0 Å². The van der Waals surface area contributed by atoms with Gasteiger partial charge in [-0.2, -0.15) is 0 Å². The molecule has 1 aliphatic heterocycles. The molecule has 0 saturated carbocycles. The fraction of sp³-hybridized carbons (Fsp3) is 0.462. The minimum Gasteiger partial charge on any atom is -0.480 e. The highest BCUT2D eigenvalue weighted by molar-refractivity contribution is 9.10. The third kappa shape index (κ3) is 3.10. The van der Waals surface area contributed by atoms with Crippen molar-refractivity contribution in [3.8, 4) is 0 Å². The molecule has 1 aromatic carbocycles. The van der Waals surface area contributed by atoms with Crippen molar-refractivity contribution in [3.63, 3.8) is 0 Å². The zero-order valence-corrected chi connectivity index (χ0v) is 11.8. The van der Waals surface area contributed by atoms with Crippen molar-refractivity contribution in [2.45, 2.75) is 19.5 Å². The van der Waals surface area contributed by atoms with Crippen molar-refractivity contribution >= 4 is 21.9 Å². The maximum atomic E-state index is 11.2. The van der Waals surface area contributed by atoms with E-state index in [1.807, 2.05) is 30.0 Å². The number of rotatable bonds is 3. The van der Waals surface area contributed by atoms with Crippen LogP contribution in [-0.2, 0) is 16.1 Å². The molecule has 1 N–H and O–H groups in total. The minimum absolute atomic E-state index is 0.263. The molecule has 0 amide bonds. The maximum Gasteiger partial charge on any atom is 0.323 e. The third-order valence-corrected chi connectivity index (χ3v) is 3.84. The molecule has 5 heteroatoms. The average molecular weight is 314 g/mol. The van der Waals surface area contributed by atoms with Crippen LogP contribution < -0.4 is 0 Å². The molecule has 1 fully saturated rings. The second kappa shape index (κ2) is 5.82. The predicted octanol–water partition coefficient (Wildman–Crippen LogP) is 2.04. The SMILES string of the molecule is Cc1ccc(CN2CCOCC2C(=O)O)c(Br)c1. The van der Waals surface area contributed by atoms with Gasteiger partial charge in [0.2, 0.25) is 0 Å². The first kappa shape index (κ1) is 13.5. The van der Waals surface area contributed by atoms with E-state index < -0.39 is 12.0 Å². The highest BCUT2D eigenvalue weighted by Gasteiger charge is 2.29. The Morgan fingerprint density at radius 1 is 1.61 bits per heavy atom. The Labute approximate surface area is 115 Å². The summed E-state index contributed by atoms with van der Waals surface area (Å²) in [6.45, 7) is 4.16. The summed E-state index contributed by atoms with van der Waals surface area (Å²) in [7, 11) is 0. The minimum atomic E-state index is -0.821. The number of carboxylic acids is 1. The summed E-state index contributed by atoms with van der Waals surface area (Å²) < 4.78 is 6.25. The Bertz CT molecular complexity index is 450. The Hall–Kier alpha value is -0.910. The highest BCUT2D eigenvalue weighted by Crippen LogP contribution is 2.21. The molecule has 0 aliphatic carbocycles. The molecule has 1 aliphatic rings. The number of morpholine rings is 1. The van der Waals surface area contributed by atoms with E-state index in [-0.39, 0.29) is 6.61 Å². The van der Waals surface area contributed by atoms with Crippen LogP contribution in [0.3, 0.4) is 0 Å². The summed E-state index contributed by atoms with van der Waals surface area (Å²) in [5.74, 6) is -0.821. The van der Waals surface area contributed by atoms with Crippen LogP contribution in [0, 0.1) is 6.92 Å². The van der Waals surface area contributed by atoms with Gasteiger partial charge >= 0.3 is 5.97 Å². The van der Waals surface area contributed by atoms with Gasteiger partial charge in [0, 0.05) is 17.6 Å². The highest BCUT2D eigenvalue weighted by atomic mass is 79.9. The van der Waals surface area contributed by atoms with Crippen LogP contribution in [0.1, 0.15) is 11.1 Å². The first-order chi connectivity index (χ1) is 8.58. The fourth-order valence-corrected chi connectivity index (χ4v) is 2.67. The number of aliphatic carboxylic acids is 1. The predicted molar refractivity (Wildman–Crippen MR) is 71.5 cm³/mol. The molecule has 1 atom stereocenters. The molecule has 0 aromatic heterocycles. The summed E-state index contributed by atoms with van der Waals surface area (Å²) in [5.41, 5.74) is 2.29. The summed E-state index contributed by atoms with van der Waals surface area (Å²) in [5, 5.41) is 9.17. The number of benzene rings is 1. The van der Waals surface area contributed by atoms with E-state index >= 15 is 0 Å². The zero-order chi connectivity index (χ0) is 13.1. The average Bonchev–Trinajstić information content (AvgIpc) is 2.33. The molecule has 98 valence electrons. The fourth-order valence-electron chi connectivity index (χ4n) is 2.05. The first-order valence-corrected chi connectivity index (χ1v) is 6.67. The van der Waals surface area contributed by atoms with Gasteiger partial charge in [-0.15, -0.1) is 0 Å². The van der Waals surface area contributed by atoms with E-state index in [1.165, 1.54) is 5.56 Å². The molecule has 1 unspecified atom stereocenters. The van der Waals surface area contributed by atoms with Crippen LogP contribution in [0.25, 0.3) is 0 Å². The number of halogens is 1. The number of ether oxygens (including phenoxy) is 1. The number of aryl methyl sites for hydroxylation is 1. The monoisotopic (exact) mass is 313 g/mol. The van der Waals surface area contributed by atoms with Crippen LogP contribution in [0.15, 0.2) is 22.7 Å². The number of hydrogen-bond donors (Lipinski definition) is 1. The lowest BCUT2D eigenvalue weighted by atomic mass is 10.1. The number of carbonyl (C=O) groups is 1. The molecule has 4 nitrogen and oxygen atoms in total. The van der Waals surface area contributed by atoms with Gasteiger partial charge in [0.05, 0.1) is 13.2 Å². The Morgan fingerprint density at radius 3 is 3.06 bits per heavy atom. The van der Waals surface area contributed by atoms with E-state index in [4.69, 9.17) is 9.84 Å². The van der Waals surface area contributed by atoms with Crippen LogP contribution in [0.2, 0.25) is 0 Å². The van der Waals surface area contributed by atoms with E-state index in [0.717, 1.165) is 10.0 Å². The van der Waals surface area contributed by atoms with Crippen LogP contribution in [0.5, 0.6) is 0 Å². The molecule has 1 saturated heterocycles. The van der Waals surface area contributed by atoms with Gasteiger partial charge in [0.1, 0.15) is 6.04 Å². The first-order valence-electron chi connectivity index (χ1n) is 5.87. The summed E-state index contributed by atoms with van der Waals surface area (Å²) in [4.78, 5) is 13.1. The van der Waals surface area contributed by atoms with Crippen molar-refractivity contribution in [2.75, 3.05) is 19.8 Å². The third-order valence-electron chi connectivity index (χ3n) is 3.11. The Balaban J connectivity index is 2.13. The summed E-state index contributed by atoms with van der Waals surface area (Å²) in [6.07, 6.45) is 0. The molecule has 0 radical (unpaired) electrons. The zero-order valence-electron chi connectivity index (χ0n) is 10.2. The second-order valence-electron chi connectivity index (χ2n) is 4.49. The smallest absolute Gasteiger partial charge is 0.323 e. The molecule has 1 heterocycles. The van der Waals surface area contributed by atoms with Crippen molar-refractivity contribution in [2.24, 2.45) is 0 Å². The van der Waals surface area contributed by atoms with Crippen LogP contribution >= 0.6 is 15.9 Å². The Kier molecular flexibility index (Phi) is 4.37. The number of nitrogens with zero attached hydrogens (tertiary/aromatic N) is 1. The van der Waals surface area contributed by atoms with Gasteiger partial charge in [-0.25, -0.2) is 0 Å². The molecule has 0 spiro atoms. The number of carboxylic acid groups (broad SMARTS) is 1. The van der Waals surface area contributed by atoms with E-state index in [9.17, 15) is 4.79 Å².